The molecule has 1 heterocycles. The van der Waals surface area contributed by atoms with E-state index in [1.54, 1.807) is 0 Å². The number of aliphatic hydroxyl groups excluding tert-OH is 1. The molecule has 1 unspecified atom stereocenters. The summed E-state index contributed by atoms with van der Waals surface area (Å²) in [5.41, 5.74) is 1.55. The molecule has 0 amide bonds. The van der Waals surface area contributed by atoms with Crippen LogP contribution in [-0.4, -0.2) is 45.5 Å². The van der Waals surface area contributed by atoms with Crippen LogP contribution in [0, 0.1) is 6.92 Å². The monoisotopic (exact) mass is 301 g/mol. The number of hydrogen-bond acceptors (Lipinski definition) is 3. The highest BCUT2D eigenvalue weighted by atomic mass is 35.5. The molecule has 0 spiro atoms. The van der Waals surface area contributed by atoms with Gasteiger partial charge in [-0.2, -0.15) is 5.10 Å². The lowest BCUT2D eigenvalue weighted by Crippen LogP contribution is -2.53. The number of halogens is 1. The third kappa shape index (κ3) is 3.02. The Morgan fingerprint density at radius 2 is 1.85 bits per heavy atom. The zero-order valence-corrected chi connectivity index (χ0v) is 14.3. The number of aryl methyl sites for hydroxylation is 2. The fourth-order valence-electron chi connectivity index (χ4n) is 3.09. The molecule has 20 heavy (non-hydrogen) atoms. The number of aliphatic hydroxyl groups is 1. The minimum absolute atomic E-state index is 0.222. The van der Waals surface area contributed by atoms with Crippen molar-refractivity contribution in [2.75, 3.05) is 14.1 Å². The van der Waals surface area contributed by atoms with E-state index in [-0.39, 0.29) is 5.54 Å². The molecule has 1 N–H and O–H groups in total. The summed E-state index contributed by atoms with van der Waals surface area (Å²) in [6.07, 6.45) is 1.86. The zero-order chi connectivity index (χ0) is 15.5. The minimum atomic E-state index is -0.466. The molecule has 4 nitrogen and oxygen atoms in total. The van der Waals surface area contributed by atoms with Gasteiger partial charge >= 0.3 is 0 Å². The van der Waals surface area contributed by atoms with Gasteiger partial charge < -0.3 is 10.0 Å². The predicted octanol–water partition coefficient (Wildman–Crippen LogP) is 2.89. The molecule has 0 aliphatic rings. The van der Waals surface area contributed by atoms with Crippen LogP contribution < -0.4 is 0 Å². The SMILES string of the molecule is CCn1nc(C)c(Cl)c1CC(O)C(CC)(CC)N(C)C. The third-order valence-corrected chi connectivity index (χ3v) is 5.07. The van der Waals surface area contributed by atoms with E-state index in [0.29, 0.717) is 11.4 Å². The Hall–Kier alpha value is -0.580. The Morgan fingerprint density at radius 1 is 1.30 bits per heavy atom. The Bertz CT molecular complexity index is 439. The lowest BCUT2D eigenvalue weighted by atomic mass is 9.83. The fourth-order valence-corrected chi connectivity index (χ4v) is 3.30. The summed E-state index contributed by atoms with van der Waals surface area (Å²) in [5.74, 6) is 0. The average Bonchev–Trinajstić information content (AvgIpc) is 2.68. The molecule has 1 rings (SSSR count). The van der Waals surface area contributed by atoms with Crippen LogP contribution in [0.1, 0.15) is 45.0 Å². The highest BCUT2D eigenvalue weighted by Crippen LogP contribution is 2.30. The zero-order valence-electron chi connectivity index (χ0n) is 13.6. The van der Waals surface area contributed by atoms with Gasteiger partial charge in [0.05, 0.1) is 22.5 Å². The maximum Gasteiger partial charge on any atom is 0.0848 e. The standard InChI is InChI=1S/C15H28ClN3O/c1-7-15(8-2,18(5)6)13(20)10-12-14(16)11(4)17-19(12)9-3/h13,20H,7-10H2,1-6H3. The van der Waals surface area contributed by atoms with E-state index < -0.39 is 6.10 Å². The maximum atomic E-state index is 10.8. The third-order valence-electron chi connectivity index (χ3n) is 4.57. The Balaban J connectivity index is 3.08. The summed E-state index contributed by atoms with van der Waals surface area (Å²) in [4.78, 5) is 2.13. The second-order valence-corrected chi connectivity index (χ2v) is 5.96. The van der Waals surface area contributed by atoms with E-state index in [1.807, 2.05) is 32.6 Å². The topological polar surface area (TPSA) is 41.3 Å². The Labute approximate surface area is 127 Å². The van der Waals surface area contributed by atoms with Gasteiger partial charge in [0.1, 0.15) is 0 Å². The molecule has 0 aromatic carbocycles. The number of hydrogen-bond donors (Lipinski definition) is 1. The van der Waals surface area contributed by atoms with Crippen molar-refractivity contribution < 1.29 is 5.11 Å². The van der Waals surface area contributed by atoms with Crippen molar-refractivity contribution in [2.45, 2.75) is 65.1 Å². The van der Waals surface area contributed by atoms with Gasteiger partial charge in [-0.25, -0.2) is 0 Å². The molecule has 0 saturated heterocycles. The summed E-state index contributed by atoms with van der Waals surface area (Å²) in [7, 11) is 4.06. The van der Waals surface area contributed by atoms with Crippen LogP contribution in [0.2, 0.25) is 5.02 Å². The normalized spacial score (nSPS) is 14.1. The van der Waals surface area contributed by atoms with Crippen LogP contribution in [0.15, 0.2) is 0 Å². The van der Waals surface area contributed by atoms with Crippen molar-refractivity contribution in [3.63, 3.8) is 0 Å². The van der Waals surface area contributed by atoms with Crippen LogP contribution >= 0.6 is 11.6 Å². The molecule has 0 aliphatic heterocycles. The summed E-state index contributed by atoms with van der Waals surface area (Å²) >= 11 is 6.34. The van der Waals surface area contributed by atoms with Gasteiger partial charge in [-0.05, 0) is 40.8 Å². The van der Waals surface area contributed by atoms with E-state index >= 15 is 0 Å². The molecule has 0 saturated carbocycles. The molecule has 0 radical (unpaired) electrons. The first-order valence-electron chi connectivity index (χ1n) is 7.41. The smallest absolute Gasteiger partial charge is 0.0848 e. The molecule has 0 aliphatic carbocycles. The molecule has 1 aromatic heterocycles. The summed E-state index contributed by atoms with van der Waals surface area (Å²) in [6.45, 7) is 8.96. The Morgan fingerprint density at radius 3 is 2.25 bits per heavy atom. The van der Waals surface area contributed by atoms with Gasteiger partial charge in [-0.3, -0.25) is 4.68 Å². The van der Waals surface area contributed by atoms with Crippen LogP contribution in [0.5, 0.6) is 0 Å². The highest BCUT2D eigenvalue weighted by Gasteiger charge is 2.37. The average molecular weight is 302 g/mol. The van der Waals surface area contributed by atoms with E-state index in [9.17, 15) is 5.11 Å². The van der Waals surface area contributed by atoms with Crippen molar-refractivity contribution >= 4 is 11.6 Å². The molecule has 1 aromatic rings. The second-order valence-electron chi connectivity index (χ2n) is 5.59. The van der Waals surface area contributed by atoms with Gasteiger partial charge in [0.2, 0.25) is 0 Å². The van der Waals surface area contributed by atoms with E-state index in [1.165, 1.54) is 0 Å². The van der Waals surface area contributed by atoms with Crippen LogP contribution in [0.3, 0.4) is 0 Å². The molecule has 0 bridgehead atoms. The van der Waals surface area contributed by atoms with E-state index in [4.69, 9.17) is 11.6 Å². The minimum Gasteiger partial charge on any atom is -0.391 e. The lowest BCUT2D eigenvalue weighted by Gasteiger charge is -2.42. The van der Waals surface area contributed by atoms with Crippen molar-refractivity contribution in [3.05, 3.63) is 16.4 Å². The van der Waals surface area contributed by atoms with Gasteiger partial charge in [0.15, 0.2) is 0 Å². The summed E-state index contributed by atoms with van der Waals surface area (Å²) in [5, 5.41) is 15.9. The van der Waals surface area contributed by atoms with E-state index in [2.05, 4.69) is 23.8 Å². The van der Waals surface area contributed by atoms with Crippen molar-refractivity contribution in [1.29, 1.82) is 0 Å². The molecule has 0 fully saturated rings. The van der Waals surface area contributed by atoms with Gasteiger partial charge in [-0.1, -0.05) is 25.4 Å². The molecule has 116 valence electrons. The van der Waals surface area contributed by atoms with E-state index in [0.717, 1.165) is 30.8 Å². The summed E-state index contributed by atoms with van der Waals surface area (Å²) < 4.78 is 1.90. The van der Waals surface area contributed by atoms with Gasteiger partial charge in [0, 0.05) is 18.5 Å². The first-order chi connectivity index (χ1) is 9.33. The van der Waals surface area contributed by atoms with Crippen molar-refractivity contribution in [1.82, 2.24) is 14.7 Å². The first kappa shape index (κ1) is 17.5. The Kier molecular flexibility index (Phi) is 6.05. The van der Waals surface area contributed by atoms with Gasteiger partial charge in [-0.15, -0.1) is 0 Å². The lowest BCUT2D eigenvalue weighted by molar-refractivity contribution is -0.0135. The number of aromatic nitrogens is 2. The predicted molar refractivity (Wildman–Crippen MR) is 84.4 cm³/mol. The maximum absolute atomic E-state index is 10.8. The molecule has 5 heteroatoms. The fraction of sp³-hybridized carbons (Fsp3) is 0.800. The number of likely N-dealkylation sites (N-methyl/N-ethyl adjacent to an activating group) is 1. The van der Waals surface area contributed by atoms with Crippen molar-refractivity contribution in [3.8, 4) is 0 Å². The molecule has 1 atom stereocenters. The number of rotatable bonds is 7. The van der Waals surface area contributed by atoms with Gasteiger partial charge in [0.25, 0.3) is 0 Å². The number of nitrogens with zero attached hydrogens (tertiary/aromatic N) is 3. The van der Waals surface area contributed by atoms with Crippen LogP contribution in [-0.2, 0) is 13.0 Å². The summed E-state index contributed by atoms with van der Waals surface area (Å²) in [6, 6.07) is 0. The van der Waals surface area contributed by atoms with Crippen molar-refractivity contribution in [2.24, 2.45) is 0 Å². The quantitative estimate of drug-likeness (QED) is 0.842. The van der Waals surface area contributed by atoms with Crippen LogP contribution in [0.25, 0.3) is 0 Å². The molecular formula is C15H28ClN3O. The first-order valence-corrected chi connectivity index (χ1v) is 7.79. The molecular weight excluding hydrogens is 274 g/mol. The second kappa shape index (κ2) is 6.92. The highest BCUT2D eigenvalue weighted by molar-refractivity contribution is 6.31. The largest absolute Gasteiger partial charge is 0.391 e. The van der Waals surface area contributed by atoms with Crippen LogP contribution in [0.4, 0.5) is 0 Å².